The molecular weight excluding hydrogens is 250 g/mol. The van der Waals surface area contributed by atoms with Gasteiger partial charge in [-0.25, -0.2) is 0 Å². The molecule has 1 aliphatic rings. The van der Waals surface area contributed by atoms with Crippen molar-refractivity contribution in [2.75, 3.05) is 7.05 Å². The second-order valence-electron chi connectivity index (χ2n) is 4.59. The minimum atomic E-state index is -0.814. The van der Waals surface area contributed by atoms with E-state index in [0.717, 1.165) is 11.3 Å². The van der Waals surface area contributed by atoms with Crippen LogP contribution in [0.1, 0.15) is 35.6 Å². The van der Waals surface area contributed by atoms with E-state index in [1.54, 1.807) is 23.3 Å². The summed E-state index contributed by atoms with van der Waals surface area (Å²) in [6, 6.07) is 3.67. The number of carboxylic acids is 1. The summed E-state index contributed by atoms with van der Waals surface area (Å²) in [5, 5.41) is 9.30. The molecule has 1 aliphatic heterocycles. The Balaban J connectivity index is 2.34. The third-order valence-electron chi connectivity index (χ3n) is 3.50. The smallest absolute Gasteiger partial charge is 0.308 e. The van der Waals surface area contributed by atoms with Crippen LogP contribution in [0, 0.1) is 5.92 Å². The van der Waals surface area contributed by atoms with Gasteiger partial charge >= 0.3 is 5.97 Å². The number of carboxylic acid groups (broad SMARTS) is 1. The fraction of sp³-hybridized carbons (Fsp3) is 0.538. The Morgan fingerprint density at radius 2 is 2.28 bits per heavy atom. The first-order chi connectivity index (χ1) is 8.54. The molecular formula is C13H17NO3S. The SMILES string of the molecule is CCc1ccc(C2C(C(=O)O)CCC(=O)N2C)s1. The van der Waals surface area contributed by atoms with Crippen molar-refractivity contribution in [3.05, 3.63) is 21.9 Å². The van der Waals surface area contributed by atoms with E-state index in [1.807, 2.05) is 12.1 Å². The zero-order valence-electron chi connectivity index (χ0n) is 10.5. The van der Waals surface area contributed by atoms with Gasteiger partial charge in [-0.15, -0.1) is 11.3 Å². The van der Waals surface area contributed by atoms with Gasteiger partial charge in [0.25, 0.3) is 0 Å². The van der Waals surface area contributed by atoms with Crippen molar-refractivity contribution in [1.82, 2.24) is 4.90 Å². The summed E-state index contributed by atoms with van der Waals surface area (Å²) in [7, 11) is 1.70. The lowest BCUT2D eigenvalue weighted by molar-refractivity contribution is -0.150. The van der Waals surface area contributed by atoms with E-state index in [0.29, 0.717) is 12.8 Å². The first-order valence-corrected chi connectivity index (χ1v) is 6.93. The number of aliphatic carboxylic acids is 1. The number of carbonyl (C=O) groups is 2. The predicted molar refractivity (Wildman–Crippen MR) is 69.6 cm³/mol. The third kappa shape index (κ3) is 2.27. The average Bonchev–Trinajstić information content (AvgIpc) is 2.80. The molecule has 5 heteroatoms. The zero-order chi connectivity index (χ0) is 13.3. The first-order valence-electron chi connectivity index (χ1n) is 6.11. The summed E-state index contributed by atoms with van der Waals surface area (Å²) in [4.78, 5) is 26.9. The van der Waals surface area contributed by atoms with Crippen LogP contribution in [-0.4, -0.2) is 28.9 Å². The highest BCUT2D eigenvalue weighted by atomic mass is 32.1. The second-order valence-corrected chi connectivity index (χ2v) is 5.79. The van der Waals surface area contributed by atoms with Crippen LogP contribution in [0.5, 0.6) is 0 Å². The van der Waals surface area contributed by atoms with E-state index in [9.17, 15) is 14.7 Å². The number of amides is 1. The number of likely N-dealkylation sites (tertiary alicyclic amines) is 1. The molecule has 2 heterocycles. The number of nitrogens with zero attached hydrogens (tertiary/aromatic N) is 1. The number of piperidine rings is 1. The molecule has 0 radical (unpaired) electrons. The topological polar surface area (TPSA) is 57.6 Å². The molecule has 0 bridgehead atoms. The van der Waals surface area contributed by atoms with E-state index in [4.69, 9.17) is 0 Å². The van der Waals surface area contributed by atoms with Gasteiger partial charge in [-0.1, -0.05) is 6.92 Å². The average molecular weight is 267 g/mol. The minimum absolute atomic E-state index is 0.0314. The van der Waals surface area contributed by atoms with Gasteiger partial charge in [-0.3, -0.25) is 9.59 Å². The minimum Gasteiger partial charge on any atom is -0.481 e. The Labute approximate surface area is 110 Å². The zero-order valence-corrected chi connectivity index (χ0v) is 11.4. The standard InChI is InChI=1S/C13H17NO3S/c1-3-8-4-6-10(18-8)12-9(13(16)17)5-7-11(15)14(12)2/h4,6,9,12H,3,5,7H2,1-2H3,(H,16,17). The van der Waals surface area contributed by atoms with Crippen molar-refractivity contribution in [2.24, 2.45) is 5.92 Å². The molecule has 1 aromatic rings. The van der Waals surface area contributed by atoms with Crippen LogP contribution in [-0.2, 0) is 16.0 Å². The Morgan fingerprint density at radius 3 is 2.83 bits per heavy atom. The van der Waals surface area contributed by atoms with Crippen molar-refractivity contribution in [3.8, 4) is 0 Å². The normalized spacial score (nSPS) is 24.3. The van der Waals surface area contributed by atoms with E-state index < -0.39 is 11.9 Å². The van der Waals surface area contributed by atoms with Crippen LogP contribution in [0.2, 0.25) is 0 Å². The quantitative estimate of drug-likeness (QED) is 0.914. The molecule has 98 valence electrons. The predicted octanol–water partition coefficient (Wildman–Crippen LogP) is 2.30. The molecule has 1 aromatic heterocycles. The molecule has 0 aliphatic carbocycles. The fourth-order valence-corrected chi connectivity index (χ4v) is 3.59. The number of hydrogen-bond acceptors (Lipinski definition) is 3. The van der Waals surface area contributed by atoms with Crippen molar-refractivity contribution in [2.45, 2.75) is 32.2 Å². The number of hydrogen-bond donors (Lipinski definition) is 1. The number of thiophene rings is 1. The molecule has 2 unspecified atom stereocenters. The molecule has 1 fully saturated rings. The molecule has 0 saturated carbocycles. The van der Waals surface area contributed by atoms with Gasteiger partial charge in [0, 0.05) is 23.2 Å². The van der Waals surface area contributed by atoms with Crippen molar-refractivity contribution in [3.63, 3.8) is 0 Å². The Morgan fingerprint density at radius 1 is 1.56 bits per heavy atom. The van der Waals surface area contributed by atoms with Gasteiger partial charge in [-0.2, -0.15) is 0 Å². The largest absolute Gasteiger partial charge is 0.481 e. The number of carbonyl (C=O) groups excluding carboxylic acids is 1. The summed E-state index contributed by atoms with van der Waals surface area (Å²) in [6.45, 7) is 2.07. The number of aryl methyl sites for hydroxylation is 1. The monoisotopic (exact) mass is 267 g/mol. The van der Waals surface area contributed by atoms with Gasteiger partial charge in [0.05, 0.1) is 12.0 Å². The highest BCUT2D eigenvalue weighted by Gasteiger charge is 2.39. The van der Waals surface area contributed by atoms with Crippen LogP contribution in [0.3, 0.4) is 0 Å². The third-order valence-corrected chi connectivity index (χ3v) is 4.80. The summed E-state index contributed by atoms with van der Waals surface area (Å²) in [5.74, 6) is -1.27. The fourth-order valence-electron chi connectivity index (χ4n) is 2.43. The maximum absolute atomic E-state index is 11.8. The highest BCUT2D eigenvalue weighted by molar-refractivity contribution is 7.12. The van der Waals surface area contributed by atoms with E-state index in [2.05, 4.69) is 6.92 Å². The van der Waals surface area contributed by atoms with Crippen LogP contribution in [0.25, 0.3) is 0 Å². The summed E-state index contributed by atoms with van der Waals surface area (Å²) in [6.07, 6.45) is 1.70. The lowest BCUT2D eigenvalue weighted by Gasteiger charge is -2.36. The van der Waals surface area contributed by atoms with Gasteiger partial charge in [0.1, 0.15) is 0 Å². The lowest BCUT2D eigenvalue weighted by atomic mass is 9.88. The van der Waals surface area contributed by atoms with Crippen molar-refractivity contribution in [1.29, 1.82) is 0 Å². The van der Waals surface area contributed by atoms with E-state index in [-0.39, 0.29) is 11.9 Å². The van der Waals surface area contributed by atoms with E-state index >= 15 is 0 Å². The van der Waals surface area contributed by atoms with Crippen LogP contribution in [0.15, 0.2) is 12.1 Å². The van der Waals surface area contributed by atoms with Crippen molar-refractivity contribution >= 4 is 23.2 Å². The second kappa shape index (κ2) is 5.10. The molecule has 4 nitrogen and oxygen atoms in total. The molecule has 0 aromatic carbocycles. The lowest BCUT2D eigenvalue weighted by Crippen LogP contribution is -2.42. The highest BCUT2D eigenvalue weighted by Crippen LogP contribution is 2.38. The van der Waals surface area contributed by atoms with Crippen LogP contribution < -0.4 is 0 Å². The van der Waals surface area contributed by atoms with E-state index in [1.165, 1.54) is 4.88 Å². The van der Waals surface area contributed by atoms with Crippen molar-refractivity contribution < 1.29 is 14.7 Å². The molecule has 2 atom stereocenters. The molecule has 0 spiro atoms. The Hall–Kier alpha value is -1.36. The van der Waals surface area contributed by atoms with Gasteiger partial charge < -0.3 is 10.0 Å². The molecule has 1 amide bonds. The molecule has 1 saturated heterocycles. The van der Waals surface area contributed by atoms with Gasteiger partial charge in [0.2, 0.25) is 5.91 Å². The maximum Gasteiger partial charge on any atom is 0.308 e. The first kappa shape index (κ1) is 13.1. The van der Waals surface area contributed by atoms with Gasteiger partial charge in [0.15, 0.2) is 0 Å². The summed E-state index contributed by atoms with van der Waals surface area (Å²) in [5.41, 5.74) is 0. The Kier molecular flexibility index (Phi) is 3.71. The summed E-state index contributed by atoms with van der Waals surface area (Å²) < 4.78 is 0. The van der Waals surface area contributed by atoms with Crippen LogP contribution >= 0.6 is 11.3 Å². The Bertz CT molecular complexity index is 469. The molecule has 2 rings (SSSR count). The molecule has 18 heavy (non-hydrogen) atoms. The maximum atomic E-state index is 11.8. The summed E-state index contributed by atoms with van der Waals surface area (Å²) >= 11 is 1.61. The molecule has 1 N–H and O–H groups in total. The van der Waals surface area contributed by atoms with Crippen LogP contribution in [0.4, 0.5) is 0 Å². The number of rotatable bonds is 3. The van der Waals surface area contributed by atoms with Gasteiger partial charge in [-0.05, 0) is 25.0 Å².